The van der Waals surface area contributed by atoms with E-state index in [0.29, 0.717) is 16.6 Å². The number of nitrogens with zero attached hydrogens (tertiary/aromatic N) is 3. The summed E-state index contributed by atoms with van der Waals surface area (Å²) in [5, 5.41) is 1.37. The second kappa shape index (κ2) is 8.12. The first-order valence-corrected chi connectivity index (χ1v) is 11.2. The van der Waals surface area contributed by atoms with Gasteiger partial charge in [-0.1, -0.05) is 23.2 Å². The number of benzene rings is 2. The SMILES string of the molecule is O=C(C1CCN(c2nc3ccc(Cl)cc3o2)CC1)N1CCCCc2cc(Cl)ccc21. The number of anilines is 2. The second-order valence-corrected chi connectivity index (χ2v) is 8.96. The number of carbonyl (C=O) groups is 1. The number of piperidine rings is 1. The maximum absolute atomic E-state index is 13.4. The molecule has 1 saturated heterocycles. The minimum atomic E-state index is 0.0155. The van der Waals surface area contributed by atoms with Crippen LogP contribution in [0.3, 0.4) is 0 Å². The van der Waals surface area contributed by atoms with Gasteiger partial charge in [-0.25, -0.2) is 0 Å². The van der Waals surface area contributed by atoms with E-state index in [1.54, 1.807) is 6.07 Å². The van der Waals surface area contributed by atoms with Crippen LogP contribution in [-0.4, -0.2) is 30.5 Å². The van der Waals surface area contributed by atoms with Crippen LogP contribution in [0.5, 0.6) is 0 Å². The largest absolute Gasteiger partial charge is 0.423 e. The van der Waals surface area contributed by atoms with Gasteiger partial charge in [0, 0.05) is 47.4 Å². The molecule has 3 heterocycles. The van der Waals surface area contributed by atoms with E-state index >= 15 is 0 Å². The maximum atomic E-state index is 13.4. The molecule has 0 N–H and O–H groups in total. The average molecular weight is 444 g/mol. The molecule has 0 spiro atoms. The maximum Gasteiger partial charge on any atom is 0.298 e. The summed E-state index contributed by atoms with van der Waals surface area (Å²) in [6.07, 6.45) is 4.65. The molecule has 5 nitrogen and oxygen atoms in total. The number of fused-ring (bicyclic) bond motifs is 2. The smallest absolute Gasteiger partial charge is 0.298 e. The van der Waals surface area contributed by atoms with Crippen molar-refractivity contribution >= 4 is 51.9 Å². The molecule has 2 aliphatic heterocycles. The Hall–Kier alpha value is -2.24. The van der Waals surface area contributed by atoms with E-state index in [9.17, 15) is 4.79 Å². The van der Waals surface area contributed by atoms with Crippen molar-refractivity contribution in [2.45, 2.75) is 32.1 Å². The van der Waals surface area contributed by atoms with E-state index in [-0.39, 0.29) is 11.8 Å². The van der Waals surface area contributed by atoms with Crippen LogP contribution < -0.4 is 9.80 Å². The molecule has 1 amide bonds. The molecule has 5 rings (SSSR count). The van der Waals surface area contributed by atoms with Gasteiger partial charge in [-0.2, -0.15) is 4.98 Å². The van der Waals surface area contributed by atoms with Crippen molar-refractivity contribution in [2.24, 2.45) is 5.92 Å². The molecule has 0 unspecified atom stereocenters. The molecule has 3 aromatic rings. The Morgan fingerprint density at radius 2 is 1.77 bits per heavy atom. The molecular formula is C23H23Cl2N3O2. The summed E-state index contributed by atoms with van der Waals surface area (Å²) in [4.78, 5) is 22.1. The fraction of sp³-hybridized carbons (Fsp3) is 0.391. The summed E-state index contributed by atoms with van der Waals surface area (Å²) >= 11 is 12.2. The van der Waals surface area contributed by atoms with Crippen molar-refractivity contribution in [1.82, 2.24) is 4.98 Å². The standard InChI is InChI=1S/C23H23Cl2N3O2/c24-17-5-7-20-16(13-17)3-1-2-10-28(20)22(29)15-8-11-27(12-9-15)23-26-19-6-4-18(25)14-21(19)30-23/h4-7,13-15H,1-3,8-12H2. The van der Waals surface area contributed by atoms with E-state index in [0.717, 1.165) is 68.0 Å². The molecule has 2 aromatic carbocycles. The van der Waals surface area contributed by atoms with Gasteiger partial charge in [0.2, 0.25) is 5.91 Å². The van der Waals surface area contributed by atoms with Crippen LogP contribution in [0.25, 0.3) is 11.1 Å². The van der Waals surface area contributed by atoms with Gasteiger partial charge < -0.3 is 14.2 Å². The van der Waals surface area contributed by atoms with Crippen LogP contribution in [0, 0.1) is 5.92 Å². The van der Waals surface area contributed by atoms with Crippen LogP contribution in [0.15, 0.2) is 40.8 Å². The highest BCUT2D eigenvalue weighted by Crippen LogP contribution is 2.33. The zero-order chi connectivity index (χ0) is 20.7. The molecule has 0 aliphatic carbocycles. The average Bonchev–Trinajstić information content (AvgIpc) is 3.06. The van der Waals surface area contributed by atoms with Crippen molar-refractivity contribution < 1.29 is 9.21 Å². The molecule has 156 valence electrons. The normalized spacial score (nSPS) is 17.8. The van der Waals surface area contributed by atoms with Crippen molar-refractivity contribution in [1.29, 1.82) is 0 Å². The van der Waals surface area contributed by atoms with Gasteiger partial charge in [0.1, 0.15) is 5.52 Å². The molecule has 1 fully saturated rings. The van der Waals surface area contributed by atoms with Gasteiger partial charge in [-0.05, 0) is 68.0 Å². The third kappa shape index (κ3) is 3.77. The van der Waals surface area contributed by atoms with E-state index in [2.05, 4.69) is 9.88 Å². The van der Waals surface area contributed by atoms with Crippen molar-refractivity contribution in [3.05, 3.63) is 52.0 Å². The lowest BCUT2D eigenvalue weighted by atomic mass is 9.95. The monoisotopic (exact) mass is 443 g/mol. The van der Waals surface area contributed by atoms with Crippen molar-refractivity contribution in [3.8, 4) is 0 Å². The van der Waals surface area contributed by atoms with Crippen LogP contribution in [0.1, 0.15) is 31.2 Å². The van der Waals surface area contributed by atoms with Crippen molar-refractivity contribution in [2.75, 3.05) is 29.4 Å². The number of rotatable bonds is 2. The molecular weight excluding hydrogens is 421 g/mol. The predicted octanol–water partition coefficient (Wildman–Crippen LogP) is 5.72. The first kappa shape index (κ1) is 19.7. The quantitative estimate of drug-likeness (QED) is 0.507. The van der Waals surface area contributed by atoms with Crippen LogP contribution in [0.4, 0.5) is 11.7 Å². The van der Waals surface area contributed by atoms with Gasteiger partial charge >= 0.3 is 0 Å². The van der Waals surface area contributed by atoms with Crippen LogP contribution >= 0.6 is 23.2 Å². The Morgan fingerprint density at radius 1 is 1.00 bits per heavy atom. The molecule has 0 bridgehead atoms. The van der Waals surface area contributed by atoms with Crippen LogP contribution in [0.2, 0.25) is 10.0 Å². The molecule has 0 radical (unpaired) electrons. The first-order chi connectivity index (χ1) is 14.6. The Bertz CT molecular complexity index is 1090. The van der Waals surface area contributed by atoms with E-state index in [1.165, 1.54) is 5.56 Å². The van der Waals surface area contributed by atoms with Gasteiger partial charge in [-0.3, -0.25) is 4.79 Å². The summed E-state index contributed by atoms with van der Waals surface area (Å²) in [7, 11) is 0. The number of carbonyl (C=O) groups excluding carboxylic acids is 1. The first-order valence-electron chi connectivity index (χ1n) is 10.5. The highest BCUT2D eigenvalue weighted by atomic mass is 35.5. The highest BCUT2D eigenvalue weighted by Gasteiger charge is 2.32. The number of aromatic nitrogens is 1. The zero-order valence-electron chi connectivity index (χ0n) is 16.6. The predicted molar refractivity (Wildman–Crippen MR) is 121 cm³/mol. The molecule has 7 heteroatoms. The van der Waals surface area contributed by atoms with Gasteiger partial charge in [0.05, 0.1) is 0 Å². The van der Waals surface area contributed by atoms with E-state index in [1.807, 2.05) is 35.2 Å². The fourth-order valence-corrected chi connectivity index (χ4v) is 4.87. The lowest BCUT2D eigenvalue weighted by molar-refractivity contribution is -0.123. The highest BCUT2D eigenvalue weighted by molar-refractivity contribution is 6.31. The third-order valence-electron chi connectivity index (χ3n) is 6.13. The second-order valence-electron chi connectivity index (χ2n) is 8.09. The molecule has 0 atom stereocenters. The molecule has 1 aromatic heterocycles. The topological polar surface area (TPSA) is 49.6 Å². The fourth-order valence-electron chi connectivity index (χ4n) is 4.51. The van der Waals surface area contributed by atoms with Crippen LogP contribution in [-0.2, 0) is 11.2 Å². The Kier molecular flexibility index (Phi) is 5.34. The zero-order valence-corrected chi connectivity index (χ0v) is 18.1. The molecule has 0 saturated carbocycles. The Morgan fingerprint density at radius 3 is 2.60 bits per heavy atom. The summed E-state index contributed by atoms with van der Waals surface area (Å²) in [5.41, 5.74) is 3.69. The Labute approximate surface area is 185 Å². The van der Waals surface area contributed by atoms with E-state index < -0.39 is 0 Å². The number of oxazole rings is 1. The molecule has 30 heavy (non-hydrogen) atoms. The molecule has 2 aliphatic rings. The number of hydrogen-bond acceptors (Lipinski definition) is 4. The number of halogens is 2. The number of aryl methyl sites for hydroxylation is 1. The van der Waals surface area contributed by atoms with E-state index in [4.69, 9.17) is 27.6 Å². The lowest BCUT2D eigenvalue weighted by Crippen LogP contribution is -2.43. The minimum absolute atomic E-state index is 0.0155. The minimum Gasteiger partial charge on any atom is -0.423 e. The number of amides is 1. The lowest BCUT2D eigenvalue weighted by Gasteiger charge is -2.33. The summed E-state index contributed by atoms with van der Waals surface area (Å²) in [5.74, 6) is 0.242. The third-order valence-corrected chi connectivity index (χ3v) is 6.60. The van der Waals surface area contributed by atoms with Gasteiger partial charge in [0.15, 0.2) is 5.58 Å². The Balaban J connectivity index is 1.30. The summed E-state index contributed by atoms with van der Waals surface area (Å²) < 4.78 is 5.90. The number of hydrogen-bond donors (Lipinski definition) is 0. The van der Waals surface area contributed by atoms with Gasteiger partial charge in [0.25, 0.3) is 6.01 Å². The van der Waals surface area contributed by atoms with Gasteiger partial charge in [-0.15, -0.1) is 0 Å². The summed E-state index contributed by atoms with van der Waals surface area (Å²) in [6.45, 7) is 2.27. The van der Waals surface area contributed by atoms with Crippen molar-refractivity contribution in [3.63, 3.8) is 0 Å². The summed E-state index contributed by atoms with van der Waals surface area (Å²) in [6, 6.07) is 12.0.